The second-order valence-electron chi connectivity index (χ2n) is 4.25. The van der Waals surface area contributed by atoms with Crippen molar-refractivity contribution in [2.75, 3.05) is 13.7 Å². The van der Waals surface area contributed by atoms with E-state index in [1.807, 2.05) is 0 Å². The van der Waals surface area contributed by atoms with Crippen molar-refractivity contribution in [3.8, 4) is 5.75 Å². The number of piperidine rings is 1. The number of aryl methyl sites for hydroxylation is 1. The first-order chi connectivity index (χ1) is 7.31. The zero-order valence-electron chi connectivity index (χ0n) is 9.55. The van der Waals surface area contributed by atoms with E-state index in [4.69, 9.17) is 4.74 Å². The Bertz CT molecular complexity index is 329. The molecule has 1 saturated heterocycles. The maximum Gasteiger partial charge on any atom is 0.123 e. The normalized spacial score (nSPS) is 21.3. The number of hydrogen-bond acceptors (Lipinski definition) is 2. The van der Waals surface area contributed by atoms with E-state index in [1.54, 1.807) is 7.11 Å². The van der Waals surface area contributed by atoms with Gasteiger partial charge in [-0.3, -0.25) is 0 Å². The van der Waals surface area contributed by atoms with Gasteiger partial charge < -0.3 is 10.1 Å². The van der Waals surface area contributed by atoms with Crippen LogP contribution in [-0.2, 0) is 0 Å². The highest BCUT2D eigenvalue weighted by Gasteiger charge is 2.17. The van der Waals surface area contributed by atoms with E-state index in [2.05, 4.69) is 30.4 Å². The van der Waals surface area contributed by atoms with Crippen LogP contribution in [0.5, 0.6) is 5.75 Å². The summed E-state index contributed by atoms with van der Waals surface area (Å²) in [6.07, 6.45) is 3.83. The summed E-state index contributed by atoms with van der Waals surface area (Å²) in [4.78, 5) is 0. The molecule has 1 N–H and O–H groups in total. The number of benzene rings is 1. The molecule has 0 amide bonds. The van der Waals surface area contributed by atoms with Gasteiger partial charge in [0.1, 0.15) is 5.75 Å². The van der Waals surface area contributed by atoms with E-state index >= 15 is 0 Å². The topological polar surface area (TPSA) is 21.3 Å². The standard InChI is InChI=1S/C13H19NO/c1-10-6-7-11(13(9-10)15-2)12-5-3-4-8-14-12/h6-7,9,12,14H,3-5,8H2,1-2H3. The largest absolute Gasteiger partial charge is 0.496 e. The molecule has 1 aliphatic heterocycles. The Hall–Kier alpha value is -1.02. The van der Waals surface area contributed by atoms with Crippen LogP contribution >= 0.6 is 0 Å². The molecular formula is C13H19NO. The fourth-order valence-electron chi connectivity index (χ4n) is 2.22. The Morgan fingerprint density at radius 2 is 2.20 bits per heavy atom. The molecule has 1 atom stereocenters. The van der Waals surface area contributed by atoms with Crippen molar-refractivity contribution in [3.05, 3.63) is 29.3 Å². The predicted octanol–water partition coefficient (Wildman–Crippen LogP) is 2.82. The summed E-state index contributed by atoms with van der Waals surface area (Å²) in [5.41, 5.74) is 2.56. The molecule has 1 aliphatic rings. The van der Waals surface area contributed by atoms with Crippen molar-refractivity contribution < 1.29 is 4.74 Å². The highest BCUT2D eigenvalue weighted by molar-refractivity contribution is 5.39. The lowest BCUT2D eigenvalue weighted by Crippen LogP contribution is -2.27. The summed E-state index contributed by atoms with van der Waals surface area (Å²) in [7, 11) is 1.75. The van der Waals surface area contributed by atoms with E-state index in [9.17, 15) is 0 Å². The van der Waals surface area contributed by atoms with Crippen LogP contribution in [0.4, 0.5) is 0 Å². The number of methoxy groups -OCH3 is 1. The summed E-state index contributed by atoms with van der Waals surface area (Å²) in [6, 6.07) is 6.95. The first-order valence-corrected chi connectivity index (χ1v) is 5.69. The molecule has 2 rings (SSSR count). The molecule has 1 heterocycles. The van der Waals surface area contributed by atoms with Gasteiger partial charge in [-0.1, -0.05) is 18.6 Å². The third kappa shape index (κ3) is 2.32. The Balaban J connectivity index is 2.25. The molecule has 1 unspecified atom stereocenters. The smallest absolute Gasteiger partial charge is 0.123 e. The van der Waals surface area contributed by atoms with Gasteiger partial charge in [0.2, 0.25) is 0 Å². The van der Waals surface area contributed by atoms with E-state index in [0.717, 1.165) is 12.3 Å². The molecule has 0 aromatic heterocycles. The van der Waals surface area contributed by atoms with Crippen molar-refractivity contribution in [2.45, 2.75) is 32.2 Å². The Kier molecular flexibility index (Phi) is 3.27. The summed E-state index contributed by atoms with van der Waals surface area (Å²) >= 11 is 0. The fourth-order valence-corrected chi connectivity index (χ4v) is 2.22. The fraction of sp³-hybridized carbons (Fsp3) is 0.538. The maximum absolute atomic E-state index is 5.44. The summed E-state index contributed by atoms with van der Waals surface area (Å²) in [6.45, 7) is 3.22. The molecule has 0 bridgehead atoms. The average molecular weight is 205 g/mol. The molecule has 82 valence electrons. The number of ether oxygens (including phenoxy) is 1. The minimum absolute atomic E-state index is 0.481. The first-order valence-electron chi connectivity index (χ1n) is 5.69. The zero-order valence-corrected chi connectivity index (χ0v) is 9.55. The lowest BCUT2D eigenvalue weighted by atomic mass is 9.96. The zero-order chi connectivity index (χ0) is 10.7. The van der Waals surface area contributed by atoms with E-state index < -0.39 is 0 Å². The Morgan fingerprint density at radius 3 is 2.87 bits per heavy atom. The van der Waals surface area contributed by atoms with Crippen LogP contribution in [0, 0.1) is 6.92 Å². The maximum atomic E-state index is 5.44. The van der Waals surface area contributed by atoms with Crippen molar-refractivity contribution in [2.24, 2.45) is 0 Å². The molecule has 1 aromatic carbocycles. The van der Waals surface area contributed by atoms with E-state index in [1.165, 1.54) is 30.4 Å². The van der Waals surface area contributed by atoms with Crippen molar-refractivity contribution in [1.82, 2.24) is 5.32 Å². The molecule has 2 nitrogen and oxygen atoms in total. The second kappa shape index (κ2) is 4.67. The van der Waals surface area contributed by atoms with Crippen LogP contribution in [0.15, 0.2) is 18.2 Å². The monoisotopic (exact) mass is 205 g/mol. The SMILES string of the molecule is COc1cc(C)ccc1C1CCCCN1. The molecule has 1 aromatic rings. The minimum atomic E-state index is 0.481. The van der Waals surface area contributed by atoms with Crippen LogP contribution in [0.3, 0.4) is 0 Å². The summed E-state index contributed by atoms with van der Waals surface area (Å²) in [5.74, 6) is 1.02. The second-order valence-corrected chi connectivity index (χ2v) is 4.25. The van der Waals surface area contributed by atoms with Crippen molar-refractivity contribution >= 4 is 0 Å². The summed E-state index contributed by atoms with van der Waals surface area (Å²) in [5, 5.41) is 3.55. The number of nitrogens with one attached hydrogen (secondary N) is 1. The van der Waals surface area contributed by atoms with Gasteiger partial charge in [-0.2, -0.15) is 0 Å². The molecule has 0 spiro atoms. The summed E-state index contributed by atoms with van der Waals surface area (Å²) < 4.78 is 5.44. The average Bonchev–Trinajstić information content (AvgIpc) is 2.30. The highest BCUT2D eigenvalue weighted by Crippen LogP contribution is 2.30. The first kappa shape index (κ1) is 10.5. The molecule has 0 aliphatic carbocycles. The van der Waals surface area contributed by atoms with Gasteiger partial charge in [0.05, 0.1) is 7.11 Å². The number of hydrogen-bond donors (Lipinski definition) is 1. The number of rotatable bonds is 2. The van der Waals surface area contributed by atoms with Crippen LogP contribution in [0.25, 0.3) is 0 Å². The third-order valence-electron chi connectivity index (χ3n) is 3.07. The van der Waals surface area contributed by atoms with Crippen LogP contribution in [0.1, 0.15) is 36.4 Å². The van der Waals surface area contributed by atoms with Crippen LogP contribution in [0.2, 0.25) is 0 Å². The molecule has 15 heavy (non-hydrogen) atoms. The van der Waals surface area contributed by atoms with E-state index in [0.29, 0.717) is 6.04 Å². The quantitative estimate of drug-likeness (QED) is 0.801. The minimum Gasteiger partial charge on any atom is -0.496 e. The van der Waals surface area contributed by atoms with Crippen LogP contribution in [-0.4, -0.2) is 13.7 Å². The lowest BCUT2D eigenvalue weighted by molar-refractivity contribution is 0.373. The highest BCUT2D eigenvalue weighted by atomic mass is 16.5. The van der Waals surface area contributed by atoms with Crippen LogP contribution < -0.4 is 10.1 Å². The Labute approximate surface area is 91.6 Å². The predicted molar refractivity (Wildman–Crippen MR) is 62.3 cm³/mol. The van der Waals surface area contributed by atoms with Gasteiger partial charge in [-0.05, 0) is 37.9 Å². The van der Waals surface area contributed by atoms with Gasteiger partial charge in [0.25, 0.3) is 0 Å². The molecule has 1 fully saturated rings. The molecule has 0 saturated carbocycles. The molecule has 2 heteroatoms. The van der Waals surface area contributed by atoms with Gasteiger partial charge in [-0.25, -0.2) is 0 Å². The lowest BCUT2D eigenvalue weighted by Gasteiger charge is -2.25. The van der Waals surface area contributed by atoms with Gasteiger partial charge in [-0.15, -0.1) is 0 Å². The van der Waals surface area contributed by atoms with E-state index in [-0.39, 0.29) is 0 Å². The molecular weight excluding hydrogens is 186 g/mol. The third-order valence-corrected chi connectivity index (χ3v) is 3.07. The van der Waals surface area contributed by atoms with Gasteiger partial charge in [0.15, 0.2) is 0 Å². The van der Waals surface area contributed by atoms with Gasteiger partial charge in [0, 0.05) is 11.6 Å². The Morgan fingerprint density at radius 1 is 1.33 bits per heavy atom. The molecule has 0 radical (unpaired) electrons. The van der Waals surface area contributed by atoms with Gasteiger partial charge >= 0.3 is 0 Å². The van der Waals surface area contributed by atoms with Crippen molar-refractivity contribution in [1.29, 1.82) is 0 Å². The van der Waals surface area contributed by atoms with Crippen molar-refractivity contribution in [3.63, 3.8) is 0 Å².